The van der Waals surface area contributed by atoms with Crippen LogP contribution in [-0.4, -0.2) is 5.78 Å². The summed E-state index contributed by atoms with van der Waals surface area (Å²) in [6.45, 7) is 8.37. The molecule has 0 aromatic heterocycles. The van der Waals surface area contributed by atoms with Crippen LogP contribution in [0, 0.1) is 17.3 Å². The molecule has 0 aromatic rings. The Balaban J connectivity index is 2.21. The molecule has 0 heterocycles. The summed E-state index contributed by atoms with van der Waals surface area (Å²) in [7, 11) is 0. The lowest BCUT2D eigenvalue weighted by Gasteiger charge is -2.46. The molecule has 0 spiro atoms. The number of Topliss-reactive ketones (excluding diaryl/α,β-unsaturated/α-hetero) is 1. The van der Waals surface area contributed by atoms with E-state index < -0.39 is 0 Å². The smallest absolute Gasteiger partial charge is 0.138 e. The van der Waals surface area contributed by atoms with Crippen molar-refractivity contribution in [2.24, 2.45) is 17.3 Å². The largest absolute Gasteiger partial charge is 0.299 e. The molecule has 14 heavy (non-hydrogen) atoms. The van der Waals surface area contributed by atoms with Crippen molar-refractivity contribution in [2.75, 3.05) is 0 Å². The Labute approximate surface area is 86.6 Å². The van der Waals surface area contributed by atoms with Gasteiger partial charge in [-0.3, -0.25) is 4.79 Å². The van der Waals surface area contributed by atoms with E-state index in [0.717, 1.165) is 25.2 Å². The van der Waals surface area contributed by atoms with Crippen LogP contribution in [-0.2, 0) is 4.79 Å². The number of carbonyl (C=O) groups is 1. The van der Waals surface area contributed by atoms with Crippen LogP contribution < -0.4 is 0 Å². The predicted octanol–water partition coefficient (Wildman–Crippen LogP) is 3.35. The fourth-order valence-electron chi connectivity index (χ4n) is 3.31. The van der Waals surface area contributed by atoms with Crippen molar-refractivity contribution >= 4 is 5.78 Å². The molecular formula is C13H20O. The van der Waals surface area contributed by atoms with Gasteiger partial charge in [-0.1, -0.05) is 26.0 Å². The Hall–Kier alpha value is -0.590. The van der Waals surface area contributed by atoms with Crippen LogP contribution in [0.4, 0.5) is 0 Å². The van der Waals surface area contributed by atoms with Gasteiger partial charge in [0.15, 0.2) is 0 Å². The Morgan fingerprint density at radius 3 is 2.71 bits per heavy atom. The molecule has 1 nitrogen and oxygen atoms in total. The molecular weight excluding hydrogens is 172 g/mol. The van der Waals surface area contributed by atoms with Crippen LogP contribution in [0.2, 0.25) is 0 Å². The second-order valence-corrected chi connectivity index (χ2v) is 5.54. The summed E-state index contributed by atoms with van der Waals surface area (Å²) < 4.78 is 0. The minimum absolute atomic E-state index is 0.0659. The minimum atomic E-state index is -0.0659. The predicted molar refractivity (Wildman–Crippen MR) is 58.0 cm³/mol. The molecule has 2 aliphatic carbocycles. The van der Waals surface area contributed by atoms with Gasteiger partial charge >= 0.3 is 0 Å². The van der Waals surface area contributed by atoms with Crippen LogP contribution in [0.1, 0.15) is 46.0 Å². The zero-order chi connectivity index (χ0) is 10.3. The van der Waals surface area contributed by atoms with Gasteiger partial charge in [0.2, 0.25) is 0 Å². The molecule has 0 aliphatic heterocycles. The van der Waals surface area contributed by atoms with Crippen LogP contribution in [0.25, 0.3) is 0 Å². The van der Waals surface area contributed by atoms with Crippen molar-refractivity contribution in [1.29, 1.82) is 0 Å². The van der Waals surface area contributed by atoms with Crippen LogP contribution in [0.5, 0.6) is 0 Å². The SMILES string of the molecule is C=C1CCC2C(CCC(=O)C2(C)C)C1. The van der Waals surface area contributed by atoms with Crippen molar-refractivity contribution in [2.45, 2.75) is 46.0 Å². The third-order valence-electron chi connectivity index (χ3n) is 4.32. The highest BCUT2D eigenvalue weighted by molar-refractivity contribution is 5.85. The Kier molecular flexibility index (Phi) is 2.29. The van der Waals surface area contributed by atoms with Crippen molar-refractivity contribution in [1.82, 2.24) is 0 Å². The maximum atomic E-state index is 11.8. The fraction of sp³-hybridized carbons (Fsp3) is 0.769. The van der Waals surface area contributed by atoms with E-state index in [4.69, 9.17) is 0 Å². The lowest BCUT2D eigenvalue weighted by atomic mass is 9.58. The van der Waals surface area contributed by atoms with Gasteiger partial charge < -0.3 is 0 Å². The van der Waals surface area contributed by atoms with Crippen LogP contribution in [0.15, 0.2) is 12.2 Å². The molecule has 2 fully saturated rings. The van der Waals surface area contributed by atoms with E-state index in [2.05, 4.69) is 20.4 Å². The maximum absolute atomic E-state index is 11.8. The number of hydrogen-bond acceptors (Lipinski definition) is 1. The average molecular weight is 192 g/mol. The van der Waals surface area contributed by atoms with Gasteiger partial charge in [0.05, 0.1) is 0 Å². The molecule has 0 aromatic carbocycles. The summed E-state index contributed by atoms with van der Waals surface area (Å²) in [6, 6.07) is 0. The number of allylic oxidation sites excluding steroid dienone is 1. The third-order valence-corrected chi connectivity index (χ3v) is 4.32. The van der Waals surface area contributed by atoms with Crippen molar-refractivity contribution in [3.8, 4) is 0 Å². The van der Waals surface area contributed by atoms with E-state index in [1.807, 2.05) is 0 Å². The molecule has 2 rings (SSSR count). The monoisotopic (exact) mass is 192 g/mol. The minimum Gasteiger partial charge on any atom is -0.299 e. The van der Waals surface area contributed by atoms with E-state index in [1.165, 1.54) is 18.4 Å². The summed E-state index contributed by atoms with van der Waals surface area (Å²) >= 11 is 0. The zero-order valence-electron chi connectivity index (χ0n) is 9.31. The second kappa shape index (κ2) is 3.22. The number of fused-ring (bicyclic) bond motifs is 1. The van der Waals surface area contributed by atoms with Crippen molar-refractivity contribution in [3.05, 3.63) is 12.2 Å². The number of hydrogen-bond donors (Lipinski definition) is 0. The van der Waals surface area contributed by atoms with E-state index in [-0.39, 0.29) is 5.41 Å². The molecule has 0 amide bonds. The fourth-order valence-corrected chi connectivity index (χ4v) is 3.31. The van der Waals surface area contributed by atoms with E-state index in [0.29, 0.717) is 11.7 Å². The summed E-state index contributed by atoms with van der Waals surface area (Å²) in [4.78, 5) is 11.8. The van der Waals surface area contributed by atoms with Crippen LogP contribution >= 0.6 is 0 Å². The highest BCUT2D eigenvalue weighted by Gasteiger charge is 2.45. The van der Waals surface area contributed by atoms with E-state index in [1.54, 1.807) is 0 Å². The number of carbonyl (C=O) groups excluding carboxylic acids is 1. The first kappa shape index (κ1) is 9.95. The third kappa shape index (κ3) is 1.43. The molecule has 78 valence electrons. The molecule has 2 atom stereocenters. The van der Waals surface area contributed by atoms with E-state index in [9.17, 15) is 4.79 Å². The van der Waals surface area contributed by atoms with Gasteiger partial charge in [-0.05, 0) is 37.5 Å². The summed E-state index contributed by atoms with van der Waals surface area (Å²) in [5.74, 6) is 1.84. The lowest BCUT2D eigenvalue weighted by Crippen LogP contribution is -2.43. The molecule has 2 unspecified atom stereocenters. The number of rotatable bonds is 0. The van der Waals surface area contributed by atoms with Crippen LogP contribution in [0.3, 0.4) is 0 Å². The second-order valence-electron chi connectivity index (χ2n) is 5.54. The summed E-state index contributed by atoms with van der Waals surface area (Å²) in [5.41, 5.74) is 1.33. The molecule has 0 N–H and O–H groups in total. The highest BCUT2D eigenvalue weighted by Crippen LogP contribution is 2.49. The standard InChI is InChI=1S/C13H20O/c1-9-4-6-11-10(8-9)5-7-12(14)13(11,2)3/h10-11H,1,4-8H2,2-3H3. The topological polar surface area (TPSA) is 17.1 Å². The maximum Gasteiger partial charge on any atom is 0.138 e. The first-order valence-corrected chi connectivity index (χ1v) is 5.72. The number of ketones is 1. The Morgan fingerprint density at radius 1 is 1.29 bits per heavy atom. The molecule has 2 aliphatic rings. The normalized spacial score (nSPS) is 36.7. The highest BCUT2D eigenvalue weighted by atomic mass is 16.1. The average Bonchev–Trinajstić information content (AvgIpc) is 2.12. The van der Waals surface area contributed by atoms with Gasteiger partial charge in [-0.25, -0.2) is 0 Å². The van der Waals surface area contributed by atoms with Gasteiger partial charge in [-0.2, -0.15) is 0 Å². The molecule has 0 bridgehead atoms. The lowest BCUT2D eigenvalue weighted by molar-refractivity contribution is -0.136. The molecule has 0 radical (unpaired) electrons. The van der Waals surface area contributed by atoms with Gasteiger partial charge in [0, 0.05) is 11.8 Å². The Bertz CT molecular complexity index is 275. The molecule has 1 heteroatoms. The first-order valence-electron chi connectivity index (χ1n) is 5.72. The zero-order valence-corrected chi connectivity index (χ0v) is 9.31. The quantitative estimate of drug-likeness (QED) is 0.538. The van der Waals surface area contributed by atoms with Crippen molar-refractivity contribution < 1.29 is 4.79 Å². The van der Waals surface area contributed by atoms with Crippen molar-refractivity contribution in [3.63, 3.8) is 0 Å². The molecule has 2 saturated carbocycles. The van der Waals surface area contributed by atoms with Gasteiger partial charge in [-0.15, -0.1) is 0 Å². The summed E-state index contributed by atoms with van der Waals surface area (Å²) in [5, 5.41) is 0. The van der Waals surface area contributed by atoms with Gasteiger partial charge in [0.1, 0.15) is 5.78 Å². The van der Waals surface area contributed by atoms with Gasteiger partial charge in [0.25, 0.3) is 0 Å². The summed E-state index contributed by atoms with van der Waals surface area (Å²) in [6.07, 6.45) is 5.38. The first-order chi connectivity index (χ1) is 6.51. The molecule has 0 saturated heterocycles. The Morgan fingerprint density at radius 2 is 2.00 bits per heavy atom. The van der Waals surface area contributed by atoms with E-state index >= 15 is 0 Å².